The van der Waals surface area contributed by atoms with E-state index in [0.29, 0.717) is 17.4 Å². The van der Waals surface area contributed by atoms with E-state index in [4.69, 9.17) is 11.6 Å². The lowest BCUT2D eigenvalue weighted by Gasteiger charge is -2.33. The Morgan fingerprint density at radius 3 is 2.41 bits per heavy atom. The van der Waals surface area contributed by atoms with Crippen LogP contribution < -0.4 is 10.6 Å². The number of sulfonamides is 1. The minimum Gasteiger partial charge on any atom is -0.340 e. The molecule has 2 fully saturated rings. The van der Waals surface area contributed by atoms with Crippen molar-refractivity contribution in [2.75, 3.05) is 32.7 Å². The van der Waals surface area contributed by atoms with E-state index in [1.54, 1.807) is 11.0 Å². The lowest BCUT2D eigenvalue weighted by atomic mass is 9.96. The lowest BCUT2D eigenvalue weighted by Crippen LogP contribution is -2.51. The second kappa shape index (κ2) is 10.1. The topological polar surface area (TPSA) is 98.8 Å². The van der Waals surface area contributed by atoms with Crippen LogP contribution in [0.25, 0.3) is 0 Å². The van der Waals surface area contributed by atoms with Crippen LogP contribution in [-0.2, 0) is 14.8 Å². The summed E-state index contributed by atoms with van der Waals surface area (Å²) < 4.78 is 27.2. The Morgan fingerprint density at radius 1 is 1.10 bits per heavy atom. The molecule has 3 rings (SSSR count). The van der Waals surface area contributed by atoms with Crippen LogP contribution >= 0.6 is 22.9 Å². The number of thiophene rings is 1. The van der Waals surface area contributed by atoms with Crippen LogP contribution in [0.1, 0.15) is 38.5 Å². The van der Waals surface area contributed by atoms with Crippen LogP contribution in [0, 0.1) is 0 Å². The summed E-state index contributed by atoms with van der Waals surface area (Å²) in [5, 5.41) is 5.70. The number of amides is 3. The van der Waals surface area contributed by atoms with Crippen LogP contribution in [-0.4, -0.2) is 68.3 Å². The highest BCUT2D eigenvalue weighted by atomic mass is 35.5. The van der Waals surface area contributed by atoms with Gasteiger partial charge in [-0.3, -0.25) is 4.79 Å². The molecule has 2 aliphatic rings. The minimum atomic E-state index is -3.57. The summed E-state index contributed by atoms with van der Waals surface area (Å²) in [5.41, 5.74) is 0. The van der Waals surface area contributed by atoms with Crippen molar-refractivity contribution in [3.8, 4) is 0 Å². The van der Waals surface area contributed by atoms with E-state index in [9.17, 15) is 18.0 Å². The maximum atomic E-state index is 12.6. The van der Waals surface area contributed by atoms with E-state index >= 15 is 0 Å². The molecule has 1 aromatic heterocycles. The van der Waals surface area contributed by atoms with Crippen molar-refractivity contribution in [2.45, 2.75) is 48.8 Å². The Bertz CT molecular complexity index is 816. The van der Waals surface area contributed by atoms with Crippen LogP contribution in [0.4, 0.5) is 4.79 Å². The Labute approximate surface area is 180 Å². The second-order valence-electron chi connectivity index (χ2n) is 7.33. The van der Waals surface area contributed by atoms with E-state index in [1.807, 2.05) is 0 Å². The smallest absolute Gasteiger partial charge is 0.315 e. The van der Waals surface area contributed by atoms with E-state index < -0.39 is 10.0 Å². The highest BCUT2D eigenvalue weighted by molar-refractivity contribution is 7.91. The fraction of sp³-hybridized carbons (Fsp3) is 0.667. The number of urea groups is 1. The lowest BCUT2D eigenvalue weighted by molar-refractivity contribution is -0.132. The third-order valence-corrected chi connectivity index (χ3v) is 8.90. The quantitative estimate of drug-likeness (QED) is 0.677. The van der Waals surface area contributed by atoms with E-state index in [0.717, 1.165) is 37.0 Å². The zero-order chi connectivity index (χ0) is 20.9. The zero-order valence-electron chi connectivity index (χ0n) is 16.2. The number of nitrogens with one attached hydrogen (secondary N) is 2. The first-order valence-corrected chi connectivity index (χ1v) is 12.6. The molecule has 0 spiro atoms. The summed E-state index contributed by atoms with van der Waals surface area (Å²) in [6, 6.07) is 3.07. The van der Waals surface area contributed by atoms with Crippen LogP contribution in [0.2, 0.25) is 4.34 Å². The van der Waals surface area contributed by atoms with Gasteiger partial charge in [-0.1, -0.05) is 30.9 Å². The van der Waals surface area contributed by atoms with Gasteiger partial charge in [0.05, 0.1) is 4.34 Å². The molecule has 1 saturated carbocycles. The molecule has 11 heteroatoms. The average Bonchev–Trinajstić information content (AvgIpc) is 3.16. The van der Waals surface area contributed by atoms with Crippen LogP contribution in [0.3, 0.4) is 0 Å². The summed E-state index contributed by atoms with van der Waals surface area (Å²) >= 11 is 6.87. The van der Waals surface area contributed by atoms with Gasteiger partial charge in [0.2, 0.25) is 5.91 Å². The first-order chi connectivity index (χ1) is 13.9. The van der Waals surface area contributed by atoms with Gasteiger partial charge >= 0.3 is 6.03 Å². The molecule has 3 amide bonds. The molecular formula is C18H27ClN4O4S2. The van der Waals surface area contributed by atoms with Crippen LogP contribution in [0.5, 0.6) is 0 Å². The Kier molecular flexibility index (Phi) is 7.78. The van der Waals surface area contributed by atoms with Gasteiger partial charge in [0, 0.05) is 45.2 Å². The normalized spacial score (nSPS) is 19.1. The molecule has 1 saturated heterocycles. The molecular weight excluding hydrogens is 436 g/mol. The molecule has 0 unspecified atom stereocenters. The summed E-state index contributed by atoms with van der Waals surface area (Å²) in [4.78, 5) is 25.9. The number of hydrogen-bond donors (Lipinski definition) is 2. The Hall–Kier alpha value is -1.36. The van der Waals surface area contributed by atoms with Gasteiger partial charge in [0.25, 0.3) is 10.0 Å². The molecule has 162 valence electrons. The molecule has 0 aromatic carbocycles. The number of carbonyl (C=O) groups excluding carboxylic acids is 2. The van der Waals surface area contributed by atoms with Crippen molar-refractivity contribution < 1.29 is 18.0 Å². The summed E-state index contributed by atoms with van der Waals surface area (Å²) in [6.45, 7) is 1.44. The van der Waals surface area contributed by atoms with Crippen molar-refractivity contribution in [1.82, 2.24) is 19.8 Å². The largest absolute Gasteiger partial charge is 0.340 e. The van der Waals surface area contributed by atoms with Crippen molar-refractivity contribution in [2.24, 2.45) is 0 Å². The molecule has 0 radical (unpaired) electrons. The van der Waals surface area contributed by atoms with E-state index in [-0.39, 0.29) is 48.2 Å². The third kappa shape index (κ3) is 6.07. The second-order valence-corrected chi connectivity index (χ2v) is 11.2. The molecule has 8 nitrogen and oxygen atoms in total. The van der Waals surface area contributed by atoms with E-state index in [1.165, 1.54) is 16.8 Å². The first kappa shape index (κ1) is 22.3. The van der Waals surface area contributed by atoms with Crippen LogP contribution in [0.15, 0.2) is 16.3 Å². The number of carbonyl (C=O) groups is 2. The molecule has 0 atom stereocenters. The summed E-state index contributed by atoms with van der Waals surface area (Å²) in [7, 11) is -3.57. The molecule has 1 aliphatic carbocycles. The maximum absolute atomic E-state index is 12.6. The fourth-order valence-corrected chi connectivity index (χ4v) is 6.73. The molecule has 2 N–H and O–H groups in total. The standard InChI is InChI=1S/C18H27ClN4O4S2/c19-15-6-7-17(28-15)29(26,27)23-12-10-22(11-13-23)16(24)8-9-20-18(25)21-14-4-2-1-3-5-14/h6-7,14H,1-5,8-13H2,(H2,20,21,25). The van der Waals surface area contributed by atoms with Crippen molar-refractivity contribution >= 4 is 44.9 Å². The van der Waals surface area contributed by atoms with Crippen molar-refractivity contribution in [1.29, 1.82) is 0 Å². The van der Waals surface area contributed by atoms with Gasteiger partial charge in [-0.2, -0.15) is 4.31 Å². The van der Waals surface area contributed by atoms with Gasteiger partial charge < -0.3 is 15.5 Å². The Morgan fingerprint density at radius 2 is 1.79 bits per heavy atom. The maximum Gasteiger partial charge on any atom is 0.315 e. The highest BCUT2D eigenvalue weighted by Gasteiger charge is 2.31. The predicted molar refractivity (Wildman–Crippen MR) is 113 cm³/mol. The molecule has 0 bridgehead atoms. The van der Waals surface area contributed by atoms with Gasteiger partial charge in [-0.15, -0.1) is 11.3 Å². The SMILES string of the molecule is O=C(NCCC(=O)N1CCN(S(=O)(=O)c2ccc(Cl)s2)CC1)NC1CCCCC1. The predicted octanol–water partition coefficient (Wildman–Crippen LogP) is 2.26. The number of rotatable bonds is 6. The molecule has 29 heavy (non-hydrogen) atoms. The monoisotopic (exact) mass is 462 g/mol. The fourth-order valence-electron chi connectivity index (χ4n) is 3.67. The number of hydrogen-bond acceptors (Lipinski definition) is 5. The summed E-state index contributed by atoms with van der Waals surface area (Å²) in [5.74, 6) is -0.0841. The van der Waals surface area contributed by atoms with Gasteiger partial charge in [0.15, 0.2) is 0 Å². The van der Waals surface area contributed by atoms with Crippen molar-refractivity contribution in [3.63, 3.8) is 0 Å². The first-order valence-electron chi connectivity index (χ1n) is 9.94. The zero-order valence-corrected chi connectivity index (χ0v) is 18.6. The minimum absolute atomic E-state index is 0.0841. The van der Waals surface area contributed by atoms with Gasteiger partial charge in [-0.05, 0) is 25.0 Å². The molecule has 1 aliphatic heterocycles. The summed E-state index contributed by atoms with van der Waals surface area (Å²) in [6.07, 6.45) is 5.74. The molecule has 2 heterocycles. The highest BCUT2D eigenvalue weighted by Crippen LogP contribution is 2.28. The average molecular weight is 463 g/mol. The number of piperazine rings is 1. The number of nitrogens with zero attached hydrogens (tertiary/aromatic N) is 2. The molecule has 1 aromatic rings. The Balaban J connectivity index is 1.38. The van der Waals surface area contributed by atoms with Gasteiger partial charge in [-0.25, -0.2) is 13.2 Å². The van der Waals surface area contributed by atoms with Gasteiger partial charge in [0.1, 0.15) is 4.21 Å². The number of halogens is 1. The van der Waals surface area contributed by atoms with Crippen molar-refractivity contribution in [3.05, 3.63) is 16.5 Å². The van der Waals surface area contributed by atoms with E-state index in [2.05, 4.69) is 10.6 Å². The third-order valence-electron chi connectivity index (χ3n) is 5.30.